The van der Waals surface area contributed by atoms with E-state index in [-0.39, 0.29) is 5.38 Å². The zero-order chi connectivity index (χ0) is 15.1. The van der Waals surface area contributed by atoms with Crippen LogP contribution >= 0.6 is 34.8 Å². The maximum absolute atomic E-state index is 6.27. The third-order valence-electron chi connectivity index (χ3n) is 3.13. The summed E-state index contributed by atoms with van der Waals surface area (Å²) in [6.45, 7) is 3.81. The predicted molar refractivity (Wildman–Crippen MR) is 87.9 cm³/mol. The molecule has 0 N–H and O–H groups in total. The van der Waals surface area contributed by atoms with Crippen molar-refractivity contribution in [2.24, 2.45) is 0 Å². The zero-order valence-corrected chi connectivity index (χ0v) is 13.7. The van der Waals surface area contributed by atoms with E-state index in [0.29, 0.717) is 15.9 Å². The molecule has 1 unspecified atom stereocenters. The maximum Gasteiger partial charge on any atom is 0.164 e. The number of fused-ring (bicyclic) bond motifs is 1. The molecular formula is C15H12Cl3N3. The molecule has 0 aliphatic carbocycles. The Kier molecular flexibility index (Phi) is 3.82. The van der Waals surface area contributed by atoms with Gasteiger partial charge in [-0.1, -0.05) is 23.2 Å². The molecule has 2 heterocycles. The number of rotatable bonds is 2. The van der Waals surface area contributed by atoms with Crippen LogP contribution in [0.1, 0.15) is 23.8 Å². The largest absolute Gasteiger partial charge is 0.279 e. The van der Waals surface area contributed by atoms with Crippen molar-refractivity contribution >= 4 is 46.0 Å². The van der Waals surface area contributed by atoms with Gasteiger partial charge in [0.2, 0.25) is 0 Å². The van der Waals surface area contributed by atoms with Crippen molar-refractivity contribution in [1.29, 1.82) is 0 Å². The Labute approximate surface area is 137 Å². The van der Waals surface area contributed by atoms with E-state index >= 15 is 0 Å². The van der Waals surface area contributed by atoms with Crippen molar-refractivity contribution in [3.8, 4) is 5.69 Å². The molecule has 108 valence electrons. The van der Waals surface area contributed by atoms with Crippen LogP contribution in [0.5, 0.6) is 0 Å². The number of nitrogens with zero attached hydrogens (tertiary/aromatic N) is 3. The van der Waals surface area contributed by atoms with E-state index in [2.05, 4.69) is 9.97 Å². The van der Waals surface area contributed by atoms with Crippen molar-refractivity contribution in [2.75, 3.05) is 0 Å². The van der Waals surface area contributed by atoms with Crippen molar-refractivity contribution in [3.05, 3.63) is 51.9 Å². The van der Waals surface area contributed by atoms with Crippen molar-refractivity contribution in [1.82, 2.24) is 14.5 Å². The van der Waals surface area contributed by atoms with E-state index in [9.17, 15) is 0 Å². The number of aromatic nitrogens is 3. The second-order valence-corrected chi connectivity index (χ2v) is 6.37. The first kappa shape index (κ1) is 14.6. The van der Waals surface area contributed by atoms with Crippen LogP contribution in [-0.2, 0) is 0 Å². The standard InChI is InChI=1S/C15H12Cl3N3/c1-8-3-4-13-15(19-8)21(14(20-13)9(2)16)12-6-10(17)5-11(18)7-12/h3-7,9H,1-2H3. The minimum atomic E-state index is -0.266. The molecule has 3 aromatic rings. The topological polar surface area (TPSA) is 30.7 Å². The lowest BCUT2D eigenvalue weighted by Crippen LogP contribution is -2.03. The van der Waals surface area contributed by atoms with Gasteiger partial charge in [0.05, 0.1) is 11.1 Å². The van der Waals surface area contributed by atoms with Gasteiger partial charge in [-0.2, -0.15) is 0 Å². The predicted octanol–water partition coefficient (Wildman–Crippen LogP) is 5.34. The Morgan fingerprint density at radius 3 is 2.33 bits per heavy atom. The molecule has 0 saturated heterocycles. The molecular weight excluding hydrogens is 329 g/mol. The first-order chi connectivity index (χ1) is 9.95. The van der Waals surface area contributed by atoms with Gasteiger partial charge in [0, 0.05) is 15.7 Å². The molecule has 0 radical (unpaired) electrons. The van der Waals surface area contributed by atoms with Gasteiger partial charge in [-0.3, -0.25) is 4.57 Å². The summed E-state index contributed by atoms with van der Waals surface area (Å²) >= 11 is 18.5. The lowest BCUT2D eigenvalue weighted by Gasteiger charge is -2.11. The second kappa shape index (κ2) is 5.48. The fourth-order valence-electron chi connectivity index (χ4n) is 2.26. The summed E-state index contributed by atoms with van der Waals surface area (Å²) in [6, 6.07) is 9.19. The Bertz CT molecular complexity index is 804. The molecule has 21 heavy (non-hydrogen) atoms. The molecule has 1 atom stereocenters. The summed E-state index contributed by atoms with van der Waals surface area (Å²) in [5, 5.41) is 0.845. The fourth-order valence-corrected chi connectivity index (χ4v) is 2.92. The van der Waals surface area contributed by atoms with Gasteiger partial charge in [0.15, 0.2) is 5.65 Å². The summed E-state index contributed by atoms with van der Waals surface area (Å²) in [5.41, 5.74) is 3.25. The van der Waals surface area contributed by atoms with Gasteiger partial charge >= 0.3 is 0 Å². The second-order valence-electron chi connectivity index (χ2n) is 4.84. The average Bonchev–Trinajstić information content (AvgIpc) is 2.76. The normalized spacial score (nSPS) is 12.8. The molecule has 6 heteroatoms. The molecule has 0 aliphatic heterocycles. The van der Waals surface area contributed by atoms with Gasteiger partial charge in [-0.25, -0.2) is 9.97 Å². The summed E-state index contributed by atoms with van der Waals surface area (Å²) in [7, 11) is 0. The molecule has 3 nitrogen and oxygen atoms in total. The van der Waals surface area contributed by atoms with Gasteiger partial charge < -0.3 is 0 Å². The molecule has 0 spiro atoms. The lowest BCUT2D eigenvalue weighted by atomic mass is 10.3. The Morgan fingerprint density at radius 2 is 1.71 bits per heavy atom. The molecule has 0 amide bonds. The minimum absolute atomic E-state index is 0.266. The third kappa shape index (κ3) is 2.73. The van der Waals surface area contributed by atoms with Crippen LogP contribution < -0.4 is 0 Å². The number of aryl methyl sites for hydroxylation is 1. The van der Waals surface area contributed by atoms with Crippen LogP contribution in [0, 0.1) is 6.92 Å². The van der Waals surface area contributed by atoms with Crippen molar-refractivity contribution < 1.29 is 0 Å². The fraction of sp³-hybridized carbons (Fsp3) is 0.200. The lowest BCUT2D eigenvalue weighted by molar-refractivity contribution is 0.876. The summed E-state index contributed by atoms with van der Waals surface area (Å²) in [6.07, 6.45) is 0. The number of pyridine rings is 1. The summed E-state index contributed by atoms with van der Waals surface area (Å²) in [4.78, 5) is 9.14. The molecule has 3 rings (SSSR count). The minimum Gasteiger partial charge on any atom is -0.279 e. The first-order valence-electron chi connectivity index (χ1n) is 6.42. The van der Waals surface area contributed by atoms with Gasteiger partial charge in [0.25, 0.3) is 0 Å². The highest BCUT2D eigenvalue weighted by Gasteiger charge is 2.18. The zero-order valence-electron chi connectivity index (χ0n) is 11.4. The van der Waals surface area contributed by atoms with E-state index in [1.54, 1.807) is 6.07 Å². The average molecular weight is 341 g/mol. The Hall–Kier alpha value is -1.29. The highest BCUT2D eigenvalue weighted by molar-refractivity contribution is 6.34. The van der Waals surface area contributed by atoms with Crippen LogP contribution in [-0.4, -0.2) is 14.5 Å². The highest BCUT2D eigenvalue weighted by atomic mass is 35.5. The van der Waals surface area contributed by atoms with Crippen molar-refractivity contribution in [3.63, 3.8) is 0 Å². The van der Waals surface area contributed by atoms with E-state index in [1.165, 1.54) is 0 Å². The quantitative estimate of drug-likeness (QED) is 0.590. The van der Waals surface area contributed by atoms with Crippen LogP contribution in [0.2, 0.25) is 10.0 Å². The molecule has 0 saturated carbocycles. The Balaban J connectivity index is 2.38. The first-order valence-corrected chi connectivity index (χ1v) is 7.61. The molecule has 0 aliphatic rings. The number of benzene rings is 1. The number of halogens is 3. The number of imidazole rings is 1. The molecule has 2 aromatic heterocycles. The van der Waals surface area contributed by atoms with Gasteiger partial charge in [0.1, 0.15) is 11.3 Å². The van der Waals surface area contributed by atoms with Crippen LogP contribution in [0.3, 0.4) is 0 Å². The molecule has 0 fully saturated rings. The smallest absolute Gasteiger partial charge is 0.164 e. The van der Waals surface area contributed by atoms with Gasteiger partial charge in [-0.05, 0) is 44.2 Å². The number of hydrogen-bond acceptors (Lipinski definition) is 2. The Morgan fingerprint density at radius 1 is 1.05 bits per heavy atom. The van der Waals surface area contributed by atoms with E-state index < -0.39 is 0 Å². The van der Waals surface area contributed by atoms with Crippen LogP contribution in [0.4, 0.5) is 0 Å². The molecule has 0 bridgehead atoms. The monoisotopic (exact) mass is 339 g/mol. The SMILES string of the molecule is Cc1ccc2nc(C(C)Cl)n(-c3cc(Cl)cc(Cl)c3)c2n1. The molecule has 1 aromatic carbocycles. The maximum atomic E-state index is 6.27. The summed E-state index contributed by atoms with van der Waals surface area (Å²) < 4.78 is 1.90. The third-order valence-corrected chi connectivity index (χ3v) is 3.76. The number of alkyl halides is 1. The van der Waals surface area contributed by atoms with Crippen molar-refractivity contribution in [2.45, 2.75) is 19.2 Å². The van der Waals surface area contributed by atoms with Gasteiger partial charge in [-0.15, -0.1) is 11.6 Å². The highest BCUT2D eigenvalue weighted by Crippen LogP contribution is 2.30. The summed E-state index contributed by atoms with van der Waals surface area (Å²) in [5.74, 6) is 0.711. The van der Waals surface area contributed by atoms with E-state index in [4.69, 9.17) is 34.8 Å². The number of hydrogen-bond donors (Lipinski definition) is 0. The van der Waals surface area contributed by atoms with Crippen LogP contribution in [0.15, 0.2) is 30.3 Å². The van der Waals surface area contributed by atoms with E-state index in [1.807, 2.05) is 42.7 Å². The van der Waals surface area contributed by atoms with E-state index in [0.717, 1.165) is 22.5 Å². The van der Waals surface area contributed by atoms with Crippen LogP contribution in [0.25, 0.3) is 16.9 Å².